The average Bonchev–Trinajstić information content (AvgIpc) is 2.97. The lowest BCUT2D eigenvalue weighted by Crippen LogP contribution is -2.23. The largest absolute Gasteiger partial charge is 0.496 e. The van der Waals surface area contributed by atoms with Gasteiger partial charge in [-0.15, -0.1) is 12.4 Å². The van der Waals surface area contributed by atoms with E-state index in [-0.39, 0.29) is 18.3 Å². The average molecular weight is 313 g/mol. The molecule has 1 aromatic carbocycles. The Kier molecular flexibility index (Phi) is 7.54. The van der Waals surface area contributed by atoms with E-state index < -0.39 is 0 Å². The number of aryl methyl sites for hydroxylation is 1. The summed E-state index contributed by atoms with van der Waals surface area (Å²) >= 11 is 0. The summed E-state index contributed by atoms with van der Waals surface area (Å²) in [5.41, 5.74) is 2.18. The molecule has 1 atom stereocenters. The molecule has 1 aliphatic rings. The fraction of sp³-hybridized carbons (Fsp3) is 0.562. The highest BCUT2D eigenvalue weighted by Crippen LogP contribution is 2.20. The van der Waals surface area contributed by atoms with E-state index in [2.05, 4.69) is 10.6 Å². The summed E-state index contributed by atoms with van der Waals surface area (Å²) < 4.78 is 5.34. The SMILES string of the molecule is COc1cc(C)ccc1CNC(=O)CCC1CCNC1.Cl. The van der Waals surface area contributed by atoms with Crippen molar-refractivity contribution < 1.29 is 9.53 Å². The minimum atomic E-state index is 0. The van der Waals surface area contributed by atoms with Gasteiger partial charge in [0.05, 0.1) is 7.11 Å². The van der Waals surface area contributed by atoms with E-state index in [4.69, 9.17) is 4.74 Å². The second-order valence-corrected chi connectivity index (χ2v) is 5.49. The van der Waals surface area contributed by atoms with Gasteiger partial charge in [-0.2, -0.15) is 0 Å². The highest BCUT2D eigenvalue weighted by atomic mass is 35.5. The maximum absolute atomic E-state index is 11.9. The van der Waals surface area contributed by atoms with Crippen LogP contribution in [-0.4, -0.2) is 26.1 Å². The quantitative estimate of drug-likeness (QED) is 0.848. The molecule has 2 rings (SSSR count). The van der Waals surface area contributed by atoms with Crippen LogP contribution >= 0.6 is 12.4 Å². The van der Waals surface area contributed by atoms with Crippen LogP contribution in [0.25, 0.3) is 0 Å². The van der Waals surface area contributed by atoms with Gasteiger partial charge in [0.1, 0.15) is 5.75 Å². The van der Waals surface area contributed by atoms with Gasteiger partial charge in [-0.3, -0.25) is 4.79 Å². The van der Waals surface area contributed by atoms with Gasteiger partial charge >= 0.3 is 0 Å². The monoisotopic (exact) mass is 312 g/mol. The Labute approximate surface area is 133 Å². The van der Waals surface area contributed by atoms with E-state index in [1.165, 1.54) is 6.42 Å². The first kappa shape index (κ1) is 17.8. The summed E-state index contributed by atoms with van der Waals surface area (Å²) in [4.78, 5) is 11.9. The van der Waals surface area contributed by atoms with Crippen molar-refractivity contribution in [3.63, 3.8) is 0 Å². The van der Waals surface area contributed by atoms with Crippen LogP contribution in [-0.2, 0) is 11.3 Å². The first-order valence-corrected chi connectivity index (χ1v) is 7.30. The molecule has 0 aliphatic carbocycles. The van der Waals surface area contributed by atoms with Crippen molar-refractivity contribution in [1.29, 1.82) is 0 Å². The van der Waals surface area contributed by atoms with Crippen LogP contribution in [0.15, 0.2) is 18.2 Å². The van der Waals surface area contributed by atoms with Crippen molar-refractivity contribution in [2.24, 2.45) is 5.92 Å². The lowest BCUT2D eigenvalue weighted by Gasteiger charge is -2.11. The zero-order chi connectivity index (χ0) is 14.4. The number of rotatable bonds is 6. The number of ether oxygens (including phenoxy) is 1. The van der Waals surface area contributed by atoms with Gasteiger partial charge in [0.2, 0.25) is 5.91 Å². The Balaban J connectivity index is 0.00000220. The third-order valence-electron chi connectivity index (χ3n) is 3.86. The molecule has 1 aromatic rings. The number of hydrogen-bond donors (Lipinski definition) is 2. The van der Waals surface area contributed by atoms with E-state index in [0.29, 0.717) is 18.9 Å². The molecule has 1 amide bonds. The molecule has 21 heavy (non-hydrogen) atoms. The van der Waals surface area contributed by atoms with Crippen molar-refractivity contribution in [3.8, 4) is 5.75 Å². The number of nitrogens with one attached hydrogen (secondary N) is 2. The lowest BCUT2D eigenvalue weighted by atomic mass is 10.0. The van der Waals surface area contributed by atoms with Gasteiger partial charge < -0.3 is 15.4 Å². The van der Waals surface area contributed by atoms with Crippen LogP contribution in [0.1, 0.15) is 30.4 Å². The Morgan fingerprint density at radius 2 is 2.29 bits per heavy atom. The number of halogens is 1. The zero-order valence-electron chi connectivity index (χ0n) is 12.8. The molecule has 0 saturated carbocycles. The normalized spacial score (nSPS) is 17.1. The fourth-order valence-corrected chi connectivity index (χ4v) is 2.58. The second-order valence-electron chi connectivity index (χ2n) is 5.49. The third kappa shape index (κ3) is 5.56. The maximum atomic E-state index is 11.9. The van der Waals surface area contributed by atoms with Crippen molar-refractivity contribution in [1.82, 2.24) is 10.6 Å². The van der Waals surface area contributed by atoms with Gasteiger partial charge in [0.25, 0.3) is 0 Å². The molecular weight excluding hydrogens is 288 g/mol. The van der Waals surface area contributed by atoms with E-state index in [0.717, 1.165) is 36.4 Å². The van der Waals surface area contributed by atoms with Crippen molar-refractivity contribution >= 4 is 18.3 Å². The fourth-order valence-electron chi connectivity index (χ4n) is 2.58. The summed E-state index contributed by atoms with van der Waals surface area (Å²) in [6.07, 6.45) is 2.78. The molecule has 1 unspecified atom stereocenters. The molecule has 118 valence electrons. The highest BCUT2D eigenvalue weighted by Gasteiger charge is 2.15. The topological polar surface area (TPSA) is 50.4 Å². The molecule has 2 N–H and O–H groups in total. The Morgan fingerprint density at radius 1 is 1.48 bits per heavy atom. The number of amides is 1. The van der Waals surface area contributed by atoms with Crippen LogP contribution in [0.3, 0.4) is 0 Å². The van der Waals surface area contributed by atoms with Crippen LogP contribution in [0.2, 0.25) is 0 Å². The standard InChI is InChI=1S/C16H24N2O2.ClH/c1-12-3-5-14(15(9-12)20-2)11-18-16(19)6-4-13-7-8-17-10-13;/h3,5,9,13,17H,4,6-8,10-11H2,1-2H3,(H,18,19);1H. The van der Waals surface area contributed by atoms with Crippen molar-refractivity contribution in [3.05, 3.63) is 29.3 Å². The van der Waals surface area contributed by atoms with Crippen LogP contribution in [0.4, 0.5) is 0 Å². The molecule has 1 saturated heterocycles. The van der Waals surface area contributed by atoms with Crippen LogP contribution in [0, 0.1) is 12.8 Å². The number of hydrogen-bond acceptors (Lipinski definition) is 3. The Morgan fingerprint density at radius 3 is 2.95 bits per heavy atom. The predicted octanol–water partition coefficient (Wildman–Crippen LogP) is 2.43. The van der Waals surface area contributed by atoms with E-state index in [1.54, 1.807) is 7.11 Å². The maximum Gasteiger partial charge on any atom is 0.220 e. The first-order valence-electron chi connectivity index (χ1n) is 7.30. The summed E-state index contributed by atoms with van der Waals surface area (Å²) in [5, 5.41) is 6.30. The number of carbonyl (C=O) groups is 1. The molecule has 0 radical (unpaired) electrons. The molecule has 0 spiro atoms. The van der Waals surface area contributed by atoms with Crippen LogP contribution < -0.4 is 15.4 Å². The van der Waals surface area contributed by atoms with Gasteiger partial charge in [-0.25, -0.2) is 0 Å². The summed E-state index contributed by atoms with van der Waals surface area (Å²) in [5.74, 6) is 1.62. The number of methoxy groups -OCH3 is 1. The molecule has 0 aromatic heterocycles. The van der Waals surface area contributed by atoms with Gasteiger partial charge in [0.15, 0.2) is 0 Å². The minimum Gasteiger partial charge on any atom is -0.496 e. The van der Waals surface area contributed by atoms with Gasteiger partial charge in [-0.1, -0.05) is 12.1 Å². The summed E-state index contributed by atoms with van der Waals surface area (Å²) in [6, 6.07) is 6.04. The summed E-state index contributed by atoms with van der Waals surface area (Å²) in [6.45, 7) is 4.71. The minimum absolute atomic E-state index is 0. The molecule has 1 heterocycles. The molecule has 0 bridgehead atoms. The number of benzene rings is 1. The molecule has 1 aliphatic heterocycles. The van der Waals surface area contributed by atoms with Crippen molar-refractivity contribution in [2.45, 2.75) is 32.7 Å². The van der Waals surface area contributed by atoms with Crippen LogP contribution in [0.5, 0.6) is 5.75 Å². The zero-order valence-corrected chi connectivity index (χ0v) is 13.6. The summed E-state index contributed by atoms with van der Waals surface area (Å²) in [7, 11) is 1.66. The van der Waals surface area contributed by atoms with E-state index in [1.807, 2.05) is 25.1 Å². The Bertz CT molecular complexity index is 460. The van der Waals surface area contributed by atoms with Gasteiger partial charge in [-0.05, 0) is 50.4 Å². The predicted molar refractivity (Wildman–Crippen MR) is 87.0 cm³/mol. The van der Waals surface area contributed by atoms with Gasteiger partial charge in [0, 0.05) is 18.5 Å². The smallest absolute Gasteiger partial charge is 0.220 e. The first-order chi connectivity index (χ1) is 9.69. The molecular formula is C16H25ClN2O2. The Hall–Kier alpha value is -1.26. The highest BCUT2D eigenvalue weighted by molar-refractivity contribution is 5.85. The lowest BCUT2D eigenvalue weighted by molar-refractivity contribution is -0.121. The van der Waals surface area contributed by atoms with E-state index in [9.17, 15) is 4.79 Å². The number of carbonyl (C=O) groups excluding carboxylic acids is 1. The second kappa shape index (κ2) is 8.90. The van der Waals surface area contributed by atoms with E-state index >= 15 is 0 Å². The molecule has 5 heteroatoms. The molecule has 4 nitrogen and oxygen atoms in total. The van der Waals surface area contributed by atoms with Crippen molar-refractivity contribution in [2.75, 3.05) is 20.2 Å². The molecule has 1 fully saturated rings. The third-order valence-corrected chi connectivity index (χ3v) is 3.86.